The van der Waals surface area contributed by atoms with Gasteiger partial charge in [0, 0.05) is 11.6 Å². The van der Waals surface area contributed by atoms with Crippen LogP contribution in [0.4, 0.5) is 17.1 Å². The van der Waals surface area contributed by atoms with Crippen LogP contribution < -0.4 is 14.9 Å². The topological polar surface area (TPSA) is 160 Å². The summed E-state index contributed by atoms with van der Waals surface area (Å²) in [7, 11) is -2.78. The number of nitro benzene ring substituents is 1. The number of hydrogen-bond acceptors (Lipinski definition) is 8. The number of hydrogen-bond donors (Lipinski definition) is 3. The van der Waals surface area contributed by atoms with Gasteiger partial charge < -0.3 is 9.84 Å². The van der Waals surface area contributed by atoms with Gasteiger partial charge in [0.05, 0.1) is 34.4 Å². The minimum atomic E-state index is -4.16. The molecule has 0 fully saturated rings. The summed E-state index contributed by atoms with van der Waals surface area (Å²) in [6.45, 7) is 0. The zero-order valence-electron chi connectivity index (χ0n) is 17.1. The van der Waals surface area contributed by atoms with E-state index in [1.54, 1.807) is 30.3 Å². The quantitative estimate of drug-likeness (QED) is 0.243. The van der Waals surface area contributed by atoms with Crippen molar-refractivity contribution < 1.29 is 28.0 Å². The minimum Gasteiger partial charge on any atom is -0.495 e. The highest BCUT2D eigenvalue weighted by molar-refractivity contribution is 7.92. The number of carboxylic acids is 1. The van der Waals surface area contributed by atoms with Gasteiger partial charge in [-0.1, -0.05) is 30.3 Å². The largest absolute Gasteiger partial charge is 0.495 e. The molecule has 0 saturated carbocycles. The smallest absolute Gasteiger partial charge is 0.336 e. The highest BCUT2D eigenvalue weighted by atomic mass is 32.2. The molecule has 0 saturated heterocycles. The number of aromatic carboxylic acids is 1. The first-order valence-corrected chi connectivity index (χ1v) is 10.8. The van der Waals surface area contributed by atoms with E-state index in [9.17, 15) is 28.4 Å². The lowest BCUT2D eigenvalue weighted by molar-refractivity contribution is -0.384. The second kappa shape index (κ2) is 9.78. The minimum absolute atomic E-state index is 0.00130. The molecular weight excluding hydrogens is 452 g/mol. The number of nitrogens with one attached hydrogen (secondary N) is 2. The fraction of sp³-hybridized carbons (Fsp3) is 0.0476. The van der Waals surface area contributed by atoms with Gasteiger partial charge in [-0.3, -0.25) is 20.3 Å². The lowest BCUT2D eigenvalue weighted by Crippen LogP contribution is -2.14. The number of nitrogens with zero attached hydrogens (tertiary/aromatic N) is 2. The van der Waals surface area contributed by atoms with Crippen molar-refractivity contribution in [3.63, 3.8) is 0 Å². The zero-order valence-corrected chi connectivity index (χ0v) is 17.9. The summed E-state index contributed by atoms with van der Waals surface area (Å²) in [5, 5.41) is 24.6. The predicted octanol–water partition coefficient (Wildman–Crippen LogP) is 3.55. The Morgan fingerprint density at radius 2 is 1.79 bits per heavy atom. The second-order valence-electron chi connectivity index (χ2n) is 6.50. The Morgan fingerprint density at radius 1 is 1.09 bits per heavy atom. The monoisotopic (exact) mass is 470 g/mol. The van der Waals surface area contributed by atoms with Crippen molar-refractivity contribution in [2.45, 2.75) is 4.90 Å². The normalized spacial score (nSPS) is 11.2. The Kier molecular flexibility index (Phi) is 6.88. The van der Waals surface area contributed by atoms with E-state index in [1.165, 1.54) is 43.7 Å². The van der Waals surface area contributed by atoms with Gasteiger partial charge in [-0.15, -0.1) is 0 Å². The van der Waals surface area contributed by atoms with Crippen LogP contribution in [0, 0.1) is 10.1 Å². The second-order valence-corrected chi connectivity index (χ2v) is 8.19. The maximum atomic E-state index is 12.8. The molecule has 0 amide bonds. The lowest BCUT2D eigenvalue weighted by atomic mass is 10.1. The highest BCUT2D eigenvalue weighted by Crippen LogP contribution is 2.30. The Balaban J connectivity index is 1.88. The van der Waals surface area contributed by atoms with Crippen LogP contribution in [-0.4, -0.2) is 37.7 Å². The first kappa shape index (κ1) is 23.2. The van der Waals surface area contributed by atoms with Gasteiger partial charge in [0.15, 0.2) is 0 Å². The maximum Gasteiger partial charge on any atom is 0.336 e. The van der Waals surface area contributed by atoms with Crippen molar-refractivity contribution in [3.05, 3.63) is 88.0 Å². The lowest BCUT2D eigenvalue weighted by Gasteiger charge is -2.12. The third-order valence-corrected chi connectivity index (χ3v) is 5.77. The zero-order chi connectivity index (χ0) is 24.0. The molecule has 0 unspecified atom stereocenters. The van der Waals surface area contributed by atoms with E-state index < -0.39 is 26.6 Å². The number of rotatable bonds is 9. The van der Waals surface area contributed by atoms with Crippen LogP contribution in [0.25, 0.3) is 0 Å². The van der Waals surface area contributed by atoms with Gasteiger partial charge in [0.2, 0.25) is 0 Å². The number of hydrazone groups is 1. The Labute approximate surface area is 188 Å². The number of nitro groups is 1. The number of anilines is 2. The molecule has 3 aromatic carbocycles. The number of ether oxygens (including phenoxy) is 1. The van der Waals surface area contributed by atoms with Gasteiger partial charge in [0.1, 0.15) is 11.4 Å². The van der Waals surface area contributed by atoms with E-state index in [2.05, 4.69) is 15.2 Å². The fourth-order valence-corrected chi connectivity index (χ4v) is 3.92. The molecule has 0 spiro atoms. The van der Waals surface area contributed by atoms with Crippen molar-refractivity contribution in [1.82, 2.24) is 0 Å². The van der Waals surface area contributed by atoms with E-state index >= 15 is 0 Å². The summed E-state index contributed by atoms with van der Waals surface area (Å²) in [6, 6.07) is 15.7. The Bertz CT molecular complexity index is 1340. The fourth-order valence-electron chi connectivity index (χ4n) is 2.83. The third-order valence-electron chi connectivity index (χ3n) is 4.41. The Morgan fingerprint density at radius 3 is 2.48 bits per heavy atom. The summed E-state index contributed by atoms with van der Waals surface area (Å²) in [6.07, 6.45) is 1.20. The van der Waals surface area contributed by atoms with Crippen LogP contribution in [-0.2, 0) is 10.0 Å². The van der Waals surface area contributed by atoms with Crippen LogP contribution in [0.1, 0.15) is 15.9 Å². The predicted molar refractivity (Wildman–Crippen MR) is 122 cm³/mol. The molecule has 0 aliphatic rings. The summed E-state index contributed by atoms with van der Waals surface area (Å²) in [4.78, 5) is 21.7. The van der Waals surface area contributed by atoms with Gasteiger partial charge in [0.25, 0.3) is 15.7 Å². The number of methoxy groups -OCH3 is 1. The molecule has 170 valence electrons. The van der Waals surface area contributed by atoms with Gasteiger partial charge >= 0.3 is 5.97 Å². The van der Waals surface area contributed by atoms with Crippen molar-refractivity contribution >= 4 is 39.3 Å². The molecule has 0 aliphatic carbocycles. The Hall–Kier alpha value is -4.45. The molecular formula is C21H18N4O7S. The number of carbonyl (C=O) groups is 1. The molecule has 0 bridgehead atoms. The summed E-state index contributed by atoms with van der Waals surface area (Å²) in [5.41, 5.74) is 2.28. The number of benzene rings is 3. The van der Waals surface area contributed by atoms with Crippen LogP contribution in [0.5, 0.6) is 5.75 Å². The molecule has 0 aromatic heterocycles. The van der Waals surface area contributed by atoms with Crippen molar-refractivity contribution in [2.24, 2.45) is 5.10 Å². The summed E-state index contributed by atoms with van der Waals surface area (Å²) in [5.74, 6) is -0.870. The van der Waals surface area contributed by atoms with E-state index in [-0.39, 0.29) is 33.1 Å². The average molecular weight is 470 g/mol. The number of para-hydroxylation sites is 2. The van der Waals surface area contributed by atoms with Crippen LogP contribution in [0.2, 0.25) is 0 Å². The molecule has 12 heteroatoms. The van der Waals surface area contributed by atoms with Crippen molar-refractivity contribution in [2.75, 3.05) is 17.3 Å². The molecule has 0 radical (unpaired) electrons. The third kappa shape index (κ3) is 5.43. The van der Waals surface area contributed by atoms with Crippen LogP contribution in [0.3, 0.4) is 0 Å². The summed E-state index contributed by atoms with van der Waals surface area (Å²) >= 11 is 0. The van der Waals surface area contributed by atoms with Gasteiger partial charge in [-0.2, -0.15) is 5.10 Å². The molecule has 0 atom stereocenters. The highest BCUT2D eigenvalue weighted by Gasteiger charge is 2.22. The van der Waals surface area contributed by atoms with E-state index in [0.29, 0.717) is 0 Å². The molecule has 0 aliphatic heterocycles. The molecule has 3 N–H and O–H groups in total. The molecule has 11 nitrogen and oxygen atoms in total. The molecule has 0 heterocycles. The van der Waals surface area contributed by atoms with Gasteiger partial charge in [-0.25, -0.2) is 13.2 Å². The van der Waals surface area contributed by atoms with Gasteiger partial charge in [-0.05, 0) is 30.3 Å². The van der Waals surface area contributed by atoms with Crippen LogP contribution >= 0.6 is 0 Å². The van der Waals surface area contributed by atoms with E-state index in [0.717, 1.165) is 6.07 Å². The van der Waals surface area contributed by atoms with Crippen molar-refractivity contribution in [3.8, 4) is 5.75 Å². The van der Waals surface area contributed by atoms with E-state index in [1.807, 2.05) is 0 Å². The summed E-state index contributed by atoms with van der Waals surface area (Å²) < 4.78 is 33.0. The number of sulfonamides is 1. The standard InChI is InChI=1S/C21H18N4O7S/c1-32-20-9-5-4-8-18(20)24-33(30,31)15-10-11-17(19(12-15)25(28)29)23-22-13-14-6-2-3-7-16(14)21(26)27/h2-13,23-24H,1H3,(H,26,27)/b22-13+. The van der Waals surface area contributed by atoms with Crippen LogP contribution in [0.15, 0.2) is 76.7 Å². The average Bonchev–Trinajstić information content (AvgIpc) is 2.79. The molecule has 33 heavy (non-hydrogen) atoms. The van der Waals surface area contributed by atoms with Crippen molar-refractivity contribution in [1.29, 1.82) is 0 Å². The maximum absolute atomic E-state index is 12.8. The molecule has 3 rings (SSSR count). The first-order valence-electron chi connectivity index (χ1n) is 9.28. The molecule has 3 aromatic rings. The van der Waals surface area contributed by atoms with E-state index in [4.69, 9.17) is 4.74 Å². The number of carboxylic acid groups (broad SMARTS) is 1. The first-order chi connectivity index (χ1) is 15.7. The SMILES string of the molecule is COc1ccccc1NS(=O)(=O)c1ccc(N/N=C/c2ccccc2C(=O)O)c([N+](=O)[O-])c1.